The average Bonchev–Trinajstić information content (AvgIpc) is 2.39. The fourth-order valence-electron chi connectivity index (χ4n) is 5.25. The molecule has 96 valence electrons. The maximum absolute atomic E-state index is 2.87. The van der Waals surface area contributed by atoms with E-state index in [0.717, 1.165) is 23.9 Å². The van der Waals surface area contributed by atoms with Crippen LogP contribution in [0.4, 0.5) is 0 Å². The highest BCUT2D eigenvalue weighted by Crippen LogP contribution is 2.42. The summed E-state index contributed by atoms with van der Waals surface area (Å²) in [5, 5.41) is 0. The van der Waals surface area contributed by atoms with Gasteiger partial charge in [-0.3, -0.25) is 9.80 Å². The predicted molar refractivity (Wildman–Crippen MR) is 70.0 cm³/mol. The Bertz CT molecular complexity index is 263. The molecule has 0 aliphatic carbocycles. The van der Waals surface area contributed by atoms with Crippen LogP contribution in [0, 0.1) is 11.8 Å². The van der Waals surface area contributed by atoms with Crippen LogP contribution in [0.15, 0.2) is 0 Å². The molecule has 4 aliphatic heterocycles. The molecule has 4 heterocycles. The van der Waals surface area contributed by atoms with E-state index in [1.54, 1.807) is 6.42 Å². The molecule has 4 aliphatic rings. The van der Waals surface area contributed by atoms with Crippen LogP contribution in [0.3, 0.4) is 0 Å². The van der Waals surface area contributed by atoms with Crippen molar-refractivity contribution in [1.82, 2.24) is 9.80 Å². The molecule has 4 saturated heterocycles. The summed E-state index contributed by atoms with van der Waals surface area (Å²) >= 11 is 0. The highest BCUT2D eigenvalue weighted by Gasteiger charge is 2.46. The third kappa shape index (κ3) is 1.76. The van der Waals surface area contributed by atoms with Crippen LogP contribution in [0.2, 0.25) is 0 Å². The van der Waals surface area contributed by atoms with Crippen LogP contribution in [-0.4, -0.2) is 48.1 Å². The number of rotatable bonds is 0. The van der Waals surface area contributed by atoms with E-state index >= 15 is 0 Å². The highest BCUT2D eigenvalue weighted by atomic mass is 15.3. The summed E-state index contributed by atoms with van der Waals surface area (Å²) in [5.74, 6) is 2.03. The van der Waals surface area contributed by atoms with Crippen LogP contribution in [0.1, 0.15) is 44.9 Å². The van der Waals surface area contributed by atoms with Gasteiger partial charge in [-0.1, -0.05) is 12.8 Å². The van der Waals surface area contributed by atoms with Gasteiger partial charge in [-0.05, 0) is 57.0 Å². The molecular formula is C15H26N2. The molecule has 2 nitrogen and oxygen atoms in total. The zero-order valence-corrected chi connectivity index (χ0v) is 11.0. The molecule has 2 bridgehead atoms. The highest BCUT2D eigenvalue weighted by molar-refractivity contribution is 5.00. The summed E-state index contributed by atoms with van der Waals surface area (Å²) in [5.41, 5.74) is 0. The van der Waals surface area contributed by atoms with Crippen LogP contribution >= 0.6 is 0 Å². The van der Waals surface area contributed by atoms with Crippen molar-refractivity contribution in [2.24, 2.45) is 11.8 Å². The van der Waals surface area contributed by atoms with E-state index in [9.17, 15) is 0 Å². The van der Waals surface area contributed by atoms with Gasteiger partial charge in [-0.25, -0.2) is 0 Å². The minimum atomic E-state index is 0.961. The van der Waals surface area contributed by atoms with Crippen LogP contribution in [0.25, 0.3) is 0 Å². The smallest absolute Gasteiger partial charge is 0.0136 e. The average molecular weight is 234 g/mol. The SMILES string of the molecule is C1CCN2CC3C[C@H](CN4CCCC[C@@H]34)[C@H]2C1. The lowest BCUT2D eigenvalue weighted by atomic mass is 9.71. The molecule has 0 spiro atoms. The molecule has 0 aromatic carbocycles. The molecule has 0 N–H and O–H groups in total. The quantitative estimate of drug-likeness (QED) is 0.635. The van der Waals surface area contributed by atoms with Gasteiger partial charge in [0.1, 0.15) is 0 Å². The molecule has 0 aromatic heterocycles. The van der Waals surface area contributed by atoms with Crippen LogP contribution < -0.4 is 0 Å². The first kappa shape index (κ1) is 10.8. The number of fused-ring (bicyclic) bond motifs is 6. The molecule has 0 amide bonds. The fraction of sp³-hybridized carbons (Fsp3) is 1.00. The van der Waals surface area contributed by atoms with Crippen molar-refractivity contribution in [2.75, 3.05) is 26.2 Å². The van der Waals surface area contributed by atoms with Crippen LogP contribution in [-0.2, 0) is 0 Å². The number of hydrogen-bond donors (Lipinski definition) is 0. The summed E-state index contributed by atoms with van der Waals surface area (Å²) in [7, 11) is 0. The van der Waals surface area contributed by atoms with E-state index in [1.165, 1.54) is 64.7 Å². The molecule has 0 saturated carbocycles. The van der Waals surface area contributed by atoms with E-state index in [1.807, 2.05) is 0 Å². The summed E-state index contributed by atoms with van der Waals surface area (Å²) in [6.45, 7) is 5.68. The maximum Gasteiger partial charge on any atom is 0.0136 e. The third-order valence-corrected chi connectivity index (χ3v) is 5.96. The van der Waals surface area contributed by atoms with Crippen molar-refractivity contribution >= 4 is 0 Å². The van der Waals surface area contributed by atoms with Crippen molar-refractivity contribution in [2.45, 2.75) is 57.0 Å². The molecular weight excluding hydrogens is 208 g/mol. The molecule has 0 radical (unpaired) electrons. The Morgan fingerprint density at radius 3 is 1.71 bits per heavy atom. The second kappa shape index (κ2) is 4.24. The Balaban J connectivity index is 1.56. The first-order valence-corrected chi connectivity index (χ1v) is 7.90. The maximum atomic E-state index is 2.87. The monoisotopic (exact) mass is 234 g/mol. The van der Waals surface area contributed by atoms with Crippen molar-refractivity contribution in [3.05, 3.63) is 0 Å². The first-order valence-electron chi connectivity index (χ1n) is 7.90. The number of hydrogen-bond acceptors (Lipinski definition) is 2. The van der Waals surface area contributed by atoms with Gasteiger partial charge in [-0.15, -0.1) is 0 Å². The molecule has 17 heavy (non-hydrogen) atoms. The van der Waals surface area contributed by atoms with Crippen molar-refractivity contribution < 1.29 is 0 Å². The normalized spacial score (nSPS) is 47.3. The largest absolute Gasteiger partial charge is 0.300 e. The molecule has 2 heteroatoms. The Labute approximate surface area is 105 Å². The zero-order chi connectivity index (χ0) is 11.2. The molecule has 4 fully saturated rings. The van der Waals surface area contributed by atoms with Gasteiger partial charge < -0.3 is 0 Å². The minimum Gasteiger partial charge on any atom is -0.300 e. The van der Waals surface area contributed by atoms with E-state index in [2.05, 4.69) is 9.80 Å². The van der Waals surface area contributed by atoms with Gasteiger partial charge in [0.2, 0.25) is 0 Å². The molecule has 4 rings (SSSR count). The predicted octanol–water partition coefficient (Wildman–Crippen LogP) is 2.35. The third-order valence-electron chi connectivity index (χ3n) is 5.96. The Kier molecular flexibility index (Phi) is 2.69. The van der Waals surface area contributed by atoms with Gasteiger partial charge >= 0.3 is 0 Å². The van der Waals surface area contributed by atoms with Gasteiger partial charge in [0.15, 0.2) is 0 Å². The van der Waals surface area contributed by atoms with Crippen molar-refractivity contribution in [3.8, 4) is 0 Å². The van der Waals surface area contributed by atoms with E-state index in [4.69, 9.17) is 0 Å². The zero-order valence-electron chi connectivity index (χ0n) is 11.0. The lowest BCUT2D eigenvalue weighted by molar-refractivity contribution is -0.0718. The van der Waals surface area contributed by atoms with Gasteiger partial charge in [0, 0.05) is 25.2 Å². The van der Waals surface area contributed by atoms with Gasteiger partial charge in [0.25, 0.3) is 0 Å². The second-order valence-corrected chi connectivity index (χ2v) is 6.87. The van der Waals surface area contributed by atoms with Crippen molar-refractivity contribution in [1.29, 1.82) is 0 Å². The van der Waals surface area contributed by atoms with E-state index in [-0.39, 0.29) is 0 Å². The Morgan fingerprint density at radius 1 is 0.647 bits per heavy atom. The summed E-state index contributed by atoms with van der Waals surface area (Å²) in [6.07, 6.45) is 10.5. The lowest BCUT2D eigenvalue weighted by Crippen LogP contribution is -2.63. The number of piperidine rings is 4. The lowest BCUT2D eigenvalue weighted by Gasteiger charge is -2.57. The summed E-state index contributed by atoms with van der Waals surface area (Å²) in [4.78, 5) is 5.74. The topological polar surface area (TPSA) is 6.48 Å². The minimum absolute atomic E-state index is 0.961. The Hall–Kier alpha value is -0.0800. The standard InChI is InChI=1S/C15H26N2/c1-3-7-16-11-13-9-12(14(16)5-1)10-17-8-4-2-6-15(13)17/h12-15H,1-11H2/t12-,13?,14-,15+/m1/s1. The van der Waals surface area contributed by atoms with Crippen molar-refractivity contribution in [3.63, 3.8) is 0 Å². The fourth-order valence-corrected chi connectivity index (χ4v) is 5.25. The molecule has 4 atom stereocenters. The van der Waals surface area contributed by atoms with E-state index in [0.29, 0.717) is 0 Å². The Morgan fingerprint density at radius 2 is 1.18 bits per heavy atom. The van der Waals surface area contributed by atoms with Gasteiger partial charge in [0.05, 0.1) is 0 Å². The summed E-state index contributed by atoms with van der Waals surface area (Å²) < 4.78 is 0. The molecule has 1 unspecified atom stereocenters. The first-order chi connectivity index (χ1) is 8.42. The second-order valence-electron chi connectivity index (χ2n) is 6.87. The van der Waals surface area contributed by atoms with E-state index < -0.39 is 0 Å². The summed E-state index contributed by atoms with van der Waals surface area (Å²) in [6, 6.07) is 1.92. The van der Waals surface area contributed by atoms with Crippen LogP contribution in [0.5, 0.6) is 0 Å². The van der Waals surface area contributed by atoms with Gasteiger partial charge in [-0.2, -0.15) is 0 Å². The molecule has 0 aromatic rings. The number of nitrogens with zero attached hydrogens (tertiary/aromatic N) is 2.